The average molecular weight is 406 g/mol. The van der Waals surface area contributed by atoms with E-state index in [2.05, 4.69) is 15.3 Å². The number of aromatic amines is 1. The van der Waals surface area contributed by atoms with Crippen LogP contribution in [0, 0.1) is 12.8 Å². The Labute approximate surface area is 172 Å². The summed E-state index contributed by atoms with van der Waals surface area (Å²) < 4.78 is 4.97. The molecule has 8 heteroatoms. The zero-order chi connectivity index (χ0) is 21.1. The number of benzene rings is 1. The fourth-order valence-electron chi connectivity index (χ4n) is 3.62. The van der Waals surface area contributed by atoms with E-state index in [1.807, 2.05) is 6.07 Å². The van der Waals surface area contributed by atoms with E-state index in [1.165, 1.54) is 18.6 Å². The maximum atomic E-state index is 12.7. The van der Waals surface area contributed by atoms with Gasteiger partial charge in [0.05, 0.1) is 11.8 Å². The van der Waals surface area contributed by atoms with Gasteiger partial charge in [-0.3, -0.25) is 14.4 Å². The maximum Gasteiger partial charge on any atom is 0.257 e. The molecule has 8 nitrogen and oxygen atoms in total. The summed E-state index contributed by atoms with van der Waals surface area (Å²) >= 11 is 0. The van der Waals surface area contributed by atoms with Gasteiger partial charge in [-0.1, -0.05) is 12.1 Å². The summed E-state index contributed by atoms with van der Waals surface area (Å²) in [6.07, 6.45) is 4.11. The van der Waals surface area contributed by atoms with Crippen LogP contribution in [0.5, 0.6) is 0 Å². The zero-order valence-electron chi connectivity index (χ0n) is 16.6. The van der Waals surface area contributed by atoms with Crippen LogP contribution in [-0.2, 0) is 4.79 Å². The molecule has 3 aromatic rings. The molecule has 0 spiro atoms. The number of hydrogen-bond acceptors (Lipinski definition) is 5. The Kier molecular flexibility index (Phi) is 5.47. The highest BCUT2D eigenvalue weighted by atomic mass is 16.3. The molecular weight excluding hydrogens is 384 g/mol. The van der Waals surface area contributed by atoms with Gasteiger partial charge in [-0.05, 0) is 38.0 Å². The first kappa shape index (κ1) is 19.6. The minimum absolute atomic E-state index is 0.0741. The minimum atomic E-state index is -0.219. The van der Waals surface area contributed by atoms with Crippen molar-refractivity contribution in [1.29, 1.82) is 0 Å². The molecule has 0 aliphatic carbocycles. The van der Waals surface area contributed by atoms with Gasteiger partial charge in [0.25, 0.3) is 11.5 Å². The second kappa shape index (κ2) is 8.36. The molecule has 0 atom stereocenters. The number of likely N-dealkylation sites (tertiary alicyclic amines) is 1. The van der Waals surface area contributed by atoms with Crippen LogP contribution in [0.15, 0.2) is 58.1 Å². The van der Waals surface area contributed by atoms with E-state index >= 15 is 0 Å². The third kappa shape index (κ3) is 4.32. The van der Waals surface area contributed by atoms with Crippen LogP contribution in [0.1, 0.15) is 28.9 Å². The van der Waals surface area contributed by atoms with Crippen LogP contribution in [0.25, 0.3) is 11.4 Å². The fraction of sp³-hybridized carbons (Fsp3) is 0.273. The number of hydrogen-bond donors (Lipinski definition) is 2. The molecule has 154 valence electrons. The number of piperidine rings is 1. The highest BCUT2D eigenvalue weighted by molar-refractivity contribution is 5.95. The summed E-state index contributed by atoms with van der Waals surface area (Å²) in [5, 5.41) is 2.95. The molecule has 1 saturated heterocycles. The lowest BCUT2D eigenvalue weighted by Gasteiger charge is -2.31. The average Bonchev–Trinajstić information content (AvgIpc) is 3.28. The highest BCUT2D eigenvalue weighted by Gasteiger charge is 2.28. The topological polar surface area (TPSA) is 108 Å². The van der Waals surface area contributed by atoms with Gasteiger partial charge in [0, 0.05) is 42.0 Å². The Hall–Kier alpha value is -3.68. The number of rotatable bonds is 4. The van der Waals surface area contributed by atoms with Crippen molar-refractivity contribution in [3.63, 3.8) is 0 Å². The van der Waals surface area contributed by atoms with Crippen molar-refractivity contribution in [1.82, 2.24) is 14.9 Å². The second-order valence-corrected chi connectivity index (χ2v) is 7.38. The molecule has 1 aliphatic heterocycles. The molecule has 1 aliphatic rings. The van der Waals surface area contributed by atoms with E-state index in [9.17, 15) is 14.4 Å². The van der Waals surface area contributed by atoms with Crippen molar-refractivity contribution in [2.24, 2.45) is 5.92 Å². The van der Waals surface area contributed by atoms with Crippen molar-refractivity contribution >= 4 is 17.5 Å². The number of carbonyl (C=O) groups excluding carboxylic acids is 2. The van der Waals surface area contributed by atoms with Gasteiger partial charge < -0.3 is 19.6 Å². The van der Waals surface area contributed by atoms with E-state index < -0.39 is 0 Å². The first-order chi connectivity index (χ1) is 14.5. The largest absolute Gasteiger partial charge is 0.472 e. The molecule has 2 amide bonds. The smallest absolute Gasteiger partial charge is 0.257 e. The number of carbonyl (C=O) groups is 2. The molecule has 0 unspecified atom stereocenters. The van der Waals surface area contributed by atoms with Gasteiger partial charge in [-0.15, -0.1) is 0 Å². The van der Waals surface area contributed by atoms with Crippen LogP contribution >= 0.6 is 0 Å². The number of aryl methyl sites for hydroxylation is 1. The van der Waals surface area contributed by atoms with Gasteiger partial charge in [-0.2, -0.15) is 0 Å². The zero-order valence-corrected chi connectivity index (χ0v) is 16.6. The van der Waals surface area contributed by atoms with Gasteiger partial charge in [-0.25, -0.2) is 4.98 Å². The Morgan fingerprint density at radius 2 is 2.00 bits per heavy atom. The van der Waals surface area contributed by atoms with Crippen molar-refractivity contribution in [3.05, 3.63) is 70.5 Å². The predicted octanol–water partition coefficient (Wildman–Crippen LogP) is 2.83. The highest BCUT2D eigenvalue weighted by Crippen LogP contribution is 2.23. The van der Waals surface area contributed by atoms with Crippen molar-refractivity contribution < 1.29 is 14.0 Å². The Morgan fingerprint density at radius 3 is 2.70 bits per heavy atom. The predicted molar refractivity (Wildman–Crippen MR) is 111 cm³/mol. The number of furan rings is 1. The van der Waals surface area contributed by atoms with Crippen molar-refractivity contribution in [2.75, 3.05) is 18.4 Å². The number of amides is 2. The molecule has 1 aromatic carbocycles. The molecule has 1 fully saturated rings. The SMILES string of the molecule is Cc1cc(=O)[nH]c(-c2cccc(NC(=O)C3CCN(C(=O)c4ccoc4)CC3)c2)n1. The summed E-state index contributed by atoms with van der Waals surface area (Å²) in [5.74, 6) is 0.143. The van der Waals surface area contributed by atoms with E-state index in [4.69, 9.17) is 4.42 Å². The van der Waals surface area contributed by atoms with Gasteiger partial charge in [0.1, 0.15) is 12.1 Å². The second-order valence-electron chi connectivity index (χ2n) is 7.38. The number of H-pyrrole nitrogens is 1. The maximum absolute atomic E-state index is 12.7. The van der Waals surface area contributed by atoms with E-state index in [-0.39, 0.29) is 23.3 Å². The van der Waals surface area contributed by atoms with Gasteiger partial charge in [0.15, 0.2) is 0 Å². The lowest BCUT2D eigenvalue weighted by molar-refractivity contribution is -0.121. The fourth-order valence-corrected chi connectivity index (χ4v) is 3.62. The Balaban J connectivity index is 1.39. The van der Waals surface area contributed by atoms with Crippen LogP contribution in [0.2, 0.25) is 0 Å². The third-order valence-electron chi connectivity index (χ3n) is 5.19. The normalized spacial score (nSPS) is 14.5. The van der Waals surface area contributed by atoms with Crippen LogP contribution in [0.4, 0.5) is 5.69 Å². The number of nitrogens with one attached hydrogen (secondary N) is 2. The summed E-state index contributed by atoms with van der Waals surface area (Å²) in [6, 6.07) is 10.3. The summed E-state index contributed by atoms with van der Waals surface area (Å²) in [6.45, 7) is 2.81. The quantitative estimate of drug-likeness (QED) is 0.693. The van der Waals surface area contributed by atoms with E-state index in [0.29, 0.717) is 54.3 Å². The molecule has 2 N–H and O–H groups in total. The molecular formula is C22H22N4O4. The lowest BCUT2D eigenvalue weighted by Crippen LogP contribution is -2.41. The van der Waals surface area contributed by atoms with Crippen molar-refractivity contribution in [2.45, 2.75) is 19.8 Å². The minimum Gasteiger partial charge on any atom is -0.472 e. The first-order valence-electron chi connectivity index (χ1n) is 9.80. The molecule has 2 aromatic heterocycles. The van der Waals surface area contributed by atoms with Crippen LogP contribution in [0.3, 0.4) is 0 Å². The molecule has 0 bridgehead atoms. The number of nitrogens with zero attached hydrogens (tertiary/aromatic N) is 2. The lowest BCUT2D eigenvalue weighted by atomic mass is 9.95. The molecule has 30 heavy (non-hydrogen) atoms. The third-order valence-corrected chi connectivity index (χ3v) is 5.19. The standard InChI is InChI=1S/C22H22N4O4/c1-14-11-19(27)25-20(23-14)16-3-2-4-18(12-16)24-21(28)15-5-8-26(9-6-15)22(29)17-7-10-30-13-17/h2-4,7,10-13,15H,5-6,8-9H2,1H3,(H,24,28)(H,23,25,27). The van der Waals surface area contributed by atoms with Crippen molar-refractivity contribution in [3.8, 4) is 11.4 Å². The number of anilines is 1. The van der Waals surface area contributed by atoms with Gasteiger partial charge >= 0.3 is 0 Å². The Morgan fingerprint density at radius 1 is 1.20 bits per heavy atom. The molecule has 0 radical (unpaired) electrons. The molecule has 0 saturated carbocycles. The number of aromatic nitrogens is 2. The summed E-state index contributed by atoms with van der Waals surface area (Å²) in [7, 11) is 0. The van der Waals surface area contributed by atoms with Crippen LogP contribution < -0.4 is 10.9 Å². The Bertz CT molecular complexity index is 1110. The van der Waals surface area contributed by atoms with E-state index in [0.717, 1.165) is 0 Å². The van der Waals surface area contributed by atoms with Gasteiger partial charge in [0.2, 0.25) is 5.91 Å². The summed E-state index contributed by atoms with van der Waals surface area (Å²) in [4.78, 5) is 45.6. The molecule has 4 rings (SSSR count). The summed E-state index contributed by atoms with van der Waals surface area (Å²) in [5.41, 5.74) is 2.29. The molecule has 3 heterocycles. The first-order valence-corrected chi connectivity index (χ1v) is 9.80. The van der Waals surface area contributed by atoms with Crippen LogP contribution in [-0.4, -0.2) is 39.8 Å². The van der Waals surface area contributed by atoms with E-state index in [1.54, 1.807) is 36.1 Å². The monoisotopic (exact) mass is 406 g/mol.